The Kier molecular flexibility index (Phi) is 2.67. The molecule has 0 saturated heterocycles. The van der Waals surface area contributed by atoms with E-state index >= 15 is 0 Å². The van der Waals surface area contributed by atoms with Gasteiger partial charge in [-0.05, 0) is 6.92 Å². The lowest BCUT2D eigenvalue weighted by Gasteiger charge is -2.06. The Labute approximate surface area is 91.5 Å². The molecule has 0 bridgehead atoms. The Balaban J connectivity index is 2.28. The Morgan fingerprint density at radius 2 is 2.44 bits per heavy atom. The first kappa shape index (κ1) is 10.3. The fourth-order valence-electron chi connectivity index (χ4n) is 1.29. The molecule has 84 valence electrons. The fraction of sp³-hybridized carbons (Fsp3) is 0.333. The van der Waals surface area contributed by atoms with Crippen LogP contribution in [0.3, 0.4) is 0 Å². The van der Waals surface area contributed by atoms with E-state index in [1.165, 1.54) is 18.0 Å². The van der Waals surface area contributed by atoms with Crippen LogP contribution in [0, 0.1) is 6.92 Å². The van der Waals surface area contributed by atoms with Crippen LogP contribution < -0.4 is 5.32 Å². The number of nitrogens with one attached hydrogen (secondary N) is 1. The zero-order chi connectivity index (χ0) is 11.5. The summed E-state index contributed by atoms with van der Waals surface area (Å²) in [6, 6.07) is 1.78. The molecule has 0 unspecified atom stereocenters. The number of carbonyl (C=O) groups is 1. The van der Waals surface area contributed by atoms with Gasteiger partial charge < -0.3 is 10.1 Å². The second-order valence-corrected chi connectivity index (χ2v) is 3.18. The standard InChI is InChI=1S/C9H11N5O2/c1-6-3-7(10-4-8(15)16-2)14-9(13-6)11-5-12-14/h3,5,10H,4H2,1-2H3. The van der Waals surface area contributed by atoms with E-state index < -0.39 is 0 Å². The molecule has 0 amide bonds. The third-order valence-corrected chi connectivity index (χ3v) is 2.02. The second kappa shape index (κ2) is 4.13. The van der Waals surface area contributed by atoms with Crippen molar-refractivity contribution in [2.75, 3.05) is 19.0 Å². The SMILES string of the molecule is COC(=O)CNc1cc(C)nc2ncnn12. The van der Waals surface area contributed by atoms with Crippen LogP contribution in [0.25, 0.3) is 5.78 Å². The van der Waals surface area contributed by atoms with Crippen LogP contribution in [0.4, 0.5) is 5.82 Å². The van der Waals surface area contributed by atoms with Crippen LogP contribution in [-0.2, 0) is 9.53 Å². The number of aryl methyl sites for hydroxylation is 1. The minimum Gasteiger partial charge on any atom is -0.468 e. The van der Waals surface area contributed by atoms with Gasteiger partial charge in [0.15, 0.2) is 0 Å². The van der Waals surface area contributed by atoms with Gasteiger partial charge >= 0.3 is 5.97 Å². The number of hydrogen-bond donors (Lipinski definition) is 1. The smallest absolute Gasteiger partial charge is 0.325 e. The maximum atomic E-state index is 11.0. The molecular weight excluding hydrogens is 210 g/mol. The summed E-state index contributed by atoms with van der Waals surface area (Å²) in [6.07, 6.45) is 1.41. The third kappa shape index (κ3) is 1.92. The summed E-state index contributed by atoms with van der Waals surface area (Å²) in [6.45, 7) is 1.92. The van der Waals surface area contributed by atoms with Crippen molar-refractivity contribution in [1.29, 1.82) is 0 Å². The number of rotatable bonds is 3. The largest absolute Gasteiger partial charge is 0.468 e. The van der Waals surface area contributed by atoms with Crippen molar-refractivity contribution < 1.29 is 9.53 Å². The van der Waals surface area contributed by atoms with E-state index in [1.807, 2.05) is 6.92 Å². The summed E-state index contributed by atoms with van der Waals surface area (Å²) in [7, 11) is 1.34. The van der Waals surface area contributed by atoms with E-state index in [4.69, 9.17) is 0 Å². The number of nitrogens with zero attached hydrogens (tertiary/aromatic N) is 4. The number of carbonyl (C=O) groups excluding carboxylic acids is 1. The van der Waals surface area contributed by atoms with Gasteiger partial charge in [0.05, 0.1) is 7.11 Å². The number of aromatic nitrogens is 4. The maximum Gasteiger partial charge on any atom is 0.325 e. The number of anilines is 1. The third-order valence-electron chi connectivity index (χ3n) is 2.02. The van der Waals surface area contributed by atoms with E-state index in [0.29, 0.717) is 11.6 Å². The summed E-state index contributed by atoms with van der Waals surface area (Å²) < 4.78 is 6.06. The predicted octanol–water partition coefficient (Wildman–Crippen LogP) is 0.0176. The van der Waals surface area contributed by atoms with Crippen molar-refractivity contribution in [2.24, 2.45) is 0 Å². The zero-order valence-electron chi connectivity index (χ0n) is 8.97. The van der Waals surface area contributed by atoms with Crippen molar-refractivity contribution in [2.45, 2.75) is 6.92 Å². The molecule has 0 saturated carbocycles. The predicted molar refractivity (Wildman–Crippen MR) is 56.0 cm³/mol. The van der Waals surface area contributed by atoms with Crippen LogP contribution >= 0.6 is 0 Å². The molecule has 0 aromatic carbocycles. The minimum atomic E-state index is -0.345. The monoisotopic (exact) mass is 221 g/mol. The molecule has 7 nitrogen and oxygen atoms in total. The lowest BCUT2D eigenvalue weighted by atomic mass is 10.4. The average molecular weight is 221 g/mol. The number of esters is 1. The molecule has 2 aromatic heterocycles. The molecule has 7 heteroatoms. The van der Waals surface area contributed by atoms with Gasteiger partial charge in [0.25, 0.3) is 5.78 Å². The molecule has 0 fully saturated rings. The summed E-state index contributed by atoms with van der Waals surface area (Å²) in [5.41, 5.74) is 0.799. The van der Waals surface area contributed by atoms with Crippen molar-refractivity contribution in [3.05, 3.63) is 18.1 Å². The highest BCUT2D eigenvalue weighted by Gasteiger charge is 2.06. The molecule has 16 heavy (non-hydrogen) atoms. The Morgan fingerprint density at radius 3 is 3.19 bits per heavy atom. The highest BCUT2D eigenvalue weighted by molar-refractivity contribution is 5.74. The molecule has 0 aliphatic heterocycles. The van der Waals surface area contributed by atoms with Gasteiger partial charge in [0, 0.05) is 11.8 Å². The molecular formula is C9H11N5O2. The van der Waals surface area contributed by atoms with Crippen LogP contribution in [-0.4, -0.2) is 39.2 Å². The van der Waals surface area contributed by atoms with Gasteiger partial charge in [0.1, 0.15) is 18.7 Å². The van der Waals surface area contributed by atoms with Gasteiger partial charge in [-0.15, -0.1) is 0 Å². The van der Waals surface area contributed by atoms with E-state index in [0.717, 1.165) is 5.69 Å². The van der Waals surface area contributed by atoms with Crippen molar-refractivity contribution in [1.82, 2.24) is 19.6 Å². The van der Waals surface area contributed by atoms with Crippen molar-refractivity contribution in [3.63, 3.8) is 0 Å². The van der Waals surface area contributed by atoms with Gasteiger partial charge in [-0.2, -0.15) is 14.6 Å². The minimum absolute atomic E-state index is 0.0783. The summed E-state index contributed by atoms with van der Waals surface area (Å²) in [4.78, 5) is 19.1. The molecule has 0 spiro atoms. The van der Waals surface area contributed by atoms with E-state index in [2.05, 4.69) is 25.1 Å². The van der Waals surface area contributed by atoms with E-state index in [-0.39, 0.29) is 12.5 Å². The van der Waals surface area contributed by atoms with Gasteiger partial charge in [-0.1, -0.05) is 0 Å². The number of fused-ring (bicyclic) bond motifs is 1. The lowest BCUT2D eigenvalue weighted by Crippen LogP contribution is -2.17. The Hall–Kier alpha value is -2.18. The molecule has 2 rings (SSSR count). The highest BCUT2D eigenvalue weighted by atomic mass is 16.5. The average Bonchev–Trinajstić information content (AvgIpc) is 2.73. The molecule has 1 N–H and O–H groups in total. The molecule has 0 radical (unpaired) electrons. The summed E-state index contributed by atoms with van der Waals surface area (Å²) in [5.74, 6) is 0.806. The number of ether oxygens (including phenoxy) is 1. The Bertz CT molecular complexity index is 522. The number of methoxy groups -OCH3 is 1. The highest BCUT2D eigenvalue weighted by Crippen LogP contribution is 2.09. The maximum absolute atomic E-state index is 11.0. The van der Waals surface area contributed by atoms with Crippen molar-refractivity contribution >= 4 is 17.6 Å². The van der Waals surface area contributed by atoms with E-state index in [1.54, 1.807) is 6.07 Å². The van der Waals surface area contributed by atoms with Crippen molar-refractivity contribution in [3.8, 4) is 0 Å². The fourth-order valence-corrected chi connectivity index (χ4v) is 1.29. The first-order chi connectivity index (χ1) is 7.70. The first-order valence-electron chi connectivity index (χ1n) is 4.69. The van der Waals surface area contributed by atoms with Crippen LogP contribution in [0.1, 0.15) is 5.69 Å². The summed E-state index contributed by atoms with van der Waals surface area (Å²) in [5, 5.41) is 6.90. The van der Waals surface area contributed by atoms with Gasteiger partial charge in [-0.3, -0.25) is 4.79 Å². The number of hydrogen-bond acceptors (Lipinski definition) is 6. The zero-order valence-corrected chi connectivity index (χ0v) is 8.97. The lowest BCUT2D eigenvalue weighted by molar-refractivity contribution is -0.138. The molecule has 0 atom stereocenters. The quantitative estimate of drug-likeness (QED) is 0.736. The van der Waals surface area contributed by atoms with Crippen LogP contribution in [0.5, 0.6) is 0 Å². The Morgan fingerprint density at radius 1 is 1.62 bits per heavy atom. The second-order valence-electron chi connectivity index (χ2n) is 3.18. The molecule has 0 aliphatic rings. The molecule has 0 aliphatic carbocycles. The molecule has 2 heterocycles. The topological polar surface area (TPSA) is 81.4 Å². The molecule has 2 aromatic rings. The first-order valence-corrected chi connectivity index (χ1v) is 4.69. The van der Waals surface area contributed by atoms with Crippen LogP contribution in [0.2, 0.25) is 0 Å². The normalized spacial score (nSPS) is 10.4. The van der Waals surface area contributed by atoms with Gasteiger partial charge in [-0.25, -0.2) is 4.98 Å². The summed E-state index contributed by atoms with van der Waals surface area (Å²) >= 11 is 0. The van der Waals surface area contributed by atoms with E-state index in [9.17, 15) is 4.79 Å². The van der Waals surface area contributed by atoms with Crippen LogP contribution in [0.15, 0.2) is 12.4 Å². The van der Waals surface area contributed by atoms with Gasteiger partial charge in [0.2, 0.25) is 0 Å².